The van der Waals surface area contributed by atoms with Crippen molar-refractivity contribution >= 4 is 40.2 Å². The average molecular weight is 330 g/mol. The topological polar surface area (TPSA) is 33.1 Å². The summed E-state index contributed by atoms with van der Waals surface area (Å²) < 4.78 is 0. The summed E-state index contributed by atoms with van der Waals surface area (Å²) >= 11 is 12.3. The third-order valence-corrected chi connectivity index (χ3v) is 3.92. The SMILES string of the molecule is Oc1ccc(C/C=C/c2c(Cl)ccc3cc(Cl)cnc23)cc1. The second-order valence-corrected chi connectivity index (χ2v) is 5.80. The highest BCUT2D eigenvalue weighted by molar-refractivity contribution is 6.33. The largest absolute Gasteiger partial charge is 0.508 e. The summed E-state index contributed by atoms with van der Waals surface area (Å²) in [7, 11) is 0. The van der Waals surface area contributed by atoms with E-state index in [2.05, 4.69) is 4.98 Å². The molecule has 0 atom stereocenters. The molecular formula is C18H13Cl2NO. The average Bonchev–Trinajstić information content (AvgIpc) is 2.51. The lowest BCUT2D eigenvalue weighted by atomic mass is 10.1. The van der Waals surface area contributed by atoms with Crippen LogP contribution in [0.4, 0.5) is 0 Å². The zero-order valence-corrected chi connectivity index (χ0v) is 13.1. The number of halogens is 2. The van der Waals surface area contributed by atoms with E-state index in [4.69, 9.17) is 23.2 Å². The molecule has 2 aromatic carbocycles. The van der Waals surface area contributed by atoms with Gasteiger partial charge in [0.2, 0.25) is 0 Å². The lowest BCUT2D eigenvalue weighted by Crippen LogP contribution is -1.86. The minimum absolute atomic E-state index is 0.269. The van der Waals surface area contributed by atoms with Gasteiger partial charge in [0.1, 0.15) is 5.75 Å². The molecule has 0 bridgehead atoms. The summed E-state index contributed by atoms with van der Waals surface area (Å²) in [6.45, 7) is 0. The van der Waals surface area contributed by atoms with E-state index >= 15 is 0 Å². The predicted molar refractivity (Wildman–Crippen MR) is 92.6 cm³/mol. The van der Waals surface area contributed by atoms with Gasteiger partial charge in [-0.2, -0.15) is 0 Å². The fraction of sp³-hybridized carbons (Fsp3) is 0.0556. The Hall–Kier alpha value is -2.03. The van der Waals surface area contributed by atoms with Gasteiger partial charge in [0.25, 0.3) is 0 Å². The van der Waals surface area contributed by atoms with E-state index in [1.54, 1.807) is 18.3 Å². The summed E-state index contributed by atoms with van der Waals surface area (Å²) in [4.78, 5) is 4.38. The van der Waals surface area contributed by atoms with E-state index in [1.807, 2.05) is 42.5 Å². The van der Waals surface area contributed by atoms with Gasteiger partial charge in [-0.15, -0.1) is 0 Å². The van der Waals surface area contributed by atoms with Gasteiger partial charge >= 0.3 is 0 Å². The first-order valence-corrected chi connectivity index (χ1v) is 7.57. The Labute approximate surface area is 138 Å². The number of benzene rings is 2. The van der Waals surface area contributed by atoms with Gasteiger partial charge in [-0.3, -0.25) is 4.98 Å². The fourth-order valence-electron chi connectivity index (χ4n) is 2.28. The van der Waals surface area contributed by atoms with Gasteiger partial charge in [0, 0.05) is 22.2 Å². The molecule has 3 rings (SSSR count). The van der Waals surface area contributed by atoms with Crippen LogP contribution in [0.15, 0.2) is 54.7 Å². The molecule has 0 fully saturated rings. The molecule has 1 N–H and O–H groups in total. The molecule has 0 spiro atoms. The molecule has 2 nitrogen and oxygen atoms in total. The van der Waals surface area contributed by atoms with Crippen LogP contribution in [-0.4, -0.2) is 10.1 Å². The predicted octanol–water partition coefficient (Wildman–Crippen LogP) is 5.50. The van der Waals surface area contributed by atoms with E-state index in [9.17, 15) is 5.11 Å². The molecule has 110 valence electrons. The fourth-order valence-corrected chi connectivity index (χ4v) is 2.66. The summed E-state index contributed by atoms with van der Waals surface area (Å²) in [5.41, 5.74) is 2.83. The molecule has 1 heterocycles. The van der Waals surface area contributed by atoms with Crippen molar-refractivity contribution in [1.29, 1.82) is 0 Å². The van der Waals surface area contributed by atoms with Crippen LogP contribution < -0.4 is 0 Å². The van der Waals surface area contributed by atoms with Gasteiger partial charge in [-0.1, -0.05) is 53.6 Å². The number of phenols is 1. The zero-order chi connectivity index (χ0) is 15.5. The number of fused-ring (bicyclic) bond motifs is 1. The maximum atomic E-state index is 9.28. The van der Waals surface area contributed by atoms with E-state index in [0.29, 0.717) is 10.0 Å². The van der Waals surface area contributed by atoms with Crippen LogP contribution in [0.25, 0.3) is 17.0 Å². The summed E-state index contributed by atoms with van der Waals surface area (Å²) in [5.74, 6) is 0.269. The Bertz CT molecular complexity index is 842. The minimum Gasteiger partial charge on any atom is -0.508 e. The number of hydrogen-bond acceptors (Lipinski definition) is 2. The Kier molecular flexibility index (Phi) is 4.32. The molecule has 0 aliphatic rings. The molecule has 22 heavy (non-hydrogen) atoms. The molecule has 4 heteroatoms. The summed E-state index contributed by atoms with van der Waals surface area (Å²) in [6.07, 6.45) is 6.37. The molecule has 0 saturated carbocycles. The number of hydrogen-bond donors (Lipinski definition) is 1. The van der Waals surface area contributed by atoms with Gasteiger partial charge in [0.05, 0.1) is 10.5 Å². The van der Waals surface area contributed by atoms with Gasteiger partial charge in [-0.25, -0.2) is 0 Å². The number of pyridine rings is 1. The number of aromatic hydroxyl groups is 1. The van der Waals surface area contributed by atoms with Crippen LogP contribution in [-0.2, 0) is 6.42 Å². The highest BCUT2D eigenvalue weighted by Gasteiger charge is 2.05. The molecule has 0 aliphatic heterocycles. The second-order valence-electron chi connectivity index (χ2n) is 4.96. The first-order valence-electron chi connectivity index (χ1n) is 6.82. The first-order chi connectivity index (χ1) is 10.6. The Morgan fingerprint density at radius 3 is 2.59 bits per heavy atom. The number of allylic oxidation sites excluding steroid dienone is 1. The number of rotatable bonds is 3. The smallest absolute Gasteiger partial charge is 0.115 e. The molecule has 0 amide bonds. The highest BCUT2D eigenvalue weighted by atomic mass is 35.5. The molecule has 0 unspecified atom stereocenters. The lowest BCUT2D eigenvalue weighted by molar-refractivity contribution is 0.475. The normalized spacial score (nSPS) is 11.4. The van der Waals surface area contributed by atoms with Crippen LogP contribution in [0.5, 0.6) is 5.75 Å². The maximum Gasteiger partial charge on any atom is 0.115 e. The quantitative estimate of drug-likeness (QED) is 0.687. The van der Waals surface area contributed by atoms with Crippen LogP contribution in [0, 0.1) is 0 Å². The lowest BCUT2D eigenvalue weighted by Gasteiger charge is -2.05. The van der Waals surface area contributed by atoms with Crippen LogP contribution in [0.3, 0.4) is 0 Å². The van der Waals surface area contributed by atoms with Crippen molar-refractivity contribution in [3.63, 3.8) is 0 Å². The molecule has 0 aliphatic carbocycles. The summed E-state index contributed by atoms with van der Waals surface area (Å²) in [5, 5.41) is 11.5. The van der Waals surface area contributed by atoms with E-state index < -0.39 is 0 Å². The van der Waals surface area contributed by atoms with Crippen molar-refractivity contribution in [2.75, 3.05) is 0 Å². The van der Waals surface area contributed by atoms with Gasteiger partial charge in [0.15, 0.2) is 0 Å². The van der Waals surface area contributed by atoms with Crippen LogP contribution in [0.2, 0.25) is 10.0 Å². The highest BCUT2D eigenvalue weighted by Crippen LogP contribution is 2.27. The number of phenolic OH excluding ortho intramolecular Hbond substituents is 1. The Morgan fingerprint density at radius 1 is 1.05 bits per heavy atom. The monoisotopic (exact) mass is 329 g/mol. The van der Waals surface area contributed by atoms with Gasteiger partial charge in [-0.05, 0) is 36.2 Å². The maximum absolute atomic E-state index is 9.28. The zero-order valence-electron chi connectivity index (χ0n) is 11.6. The third-order valence-electron chi connectivity index (χ3n) is 3.38. The molecular weight excluding hydrogens is 317 g/mol. The van der Waals surface area contributed by atoms with Gasteiger partial charge < -0.3 is 5.11 Å². The Balaban J connectivity index is 1.91. The Morgan fingerprint density at radius 2 is 1.82 bits per heavy atom. The number of aromatic nitrogens is 1. The van der Waals surface area contributed by atoms with E-state index in [1.165, 1.54) is 0 Å². The van der Waals surface area contributed by atoms with Crippen LogP contribution >= 0.6 is 23.2 Å². The van der Waals surface area contributed by atoms with E-state index in [-0.39, 0.29) is 5.75 Å². The molecule has 3 aromatic rings. The summed E-state index contributed by atoms with van der Waals surface area (Å²) in [6, 6.07) is 12.8. The van der Waals surface area contributed by atoms with Crippen molar-refractivity contribution < 1.29 is 5.11 Å². The standard InChI is InChI=1S/C18H13Cl2NO/c19-14-10-13-6-9-17(20)16(18(13)21-11-14)3-1-2-12-4-7-15(22)8-5-12/h1,3-11,22H,2H2/b3-1+. The molecule has 1 aromatic heterocycles. The number of nitrogens with zero attached hydrogens (tertiary/aromatic N) is 1. The van der Waals surface area contributed by atoms with Crippen molar-refractivity contribution in [3.05, 3.63) is 75.9 Å². The van der Waals surface area contributed by atoms with Crippen molar-refractivity contribution in [3.8, 4) is 5.75 Å². The van der Waals surface area contributed by atoms with E-state index in [0.717, 1.165) is 28.5 Å². The molecule has 0 radical (unpaired) electrons. The van der Waals surface area contributed by atoms with Crippen molar-refractivity contribution in [1.82, 2.24) is 4.98 Å². The van der Waals surface area contributed by atoms with Crippen LogP contribution in [0.1, 0.15) is 11.1 Å². The van der Waals surface area contributed by atoms with Crippen molar-refractivity contribution in [2.24, 2.45) is 0 Å². The van der Waals surface area contributed by atoms with Crippen molar-refractivity contribution in [2.45, 2.75) is 6.42 Å². The molecule has 0 saturated heterocycles. The third kappa shape index (κ3) is 3.24. The second kappa shape index (κ2) is 6.39. The first kappa shape index (κ1) is 14.9. The minimum atomic E-state index is 0.269.